The van der Waals surface area contributed by atoms with Gasteiger partial charge in [0.05, 0.1) is 15.9 Å². The number of hydrogen-bond donors (Lipinski definition) is 1. The van der Waals surface area contributed by atoms with Crippen molar-refractivity contribution < 1.29 is 9.85 Å². The SMILES string of the molecule is C[C@H]1CCCC[C@@H]1Nc1ccc([N+](=O)[O-])cc1[N+](=O)[O-]. The number of nitrogens with zero attached hydrogens (tertiary/aromatic N) is 2. The highest BCUT2D eigenvalue weighted by Gasteiger charge is 2.25. The summed E-state index contributed by atoms with van der Waals surface area (Å²) < 4.78 is 0. The zero-order chi connectivity index (χ0) is 14.7. The van der Waals surface area contributed by atoms with Crippen molar-refractivity contribution in [3.8, 4) is 0 Å². The molecule has 1 aromatic carbocycles. The standard InChI is InChI=1S/C13H17N3O4/c1-9-4-2-3-5-11(9)14-12-7-6-10(15(17)18)8-13(12)16(19)20/h6-9,11,14H,2-5H2,1H3/t9-,11-/m0/s1. The Bertz CT molecular complexity index is 532. The predicted molar refractivity (Wildman–Crippen MR) is 74.8 cm³/mol. The minimum absolute atomic E-state index is 0.184. The smallest absolute Gasteiger partial charge is 0.299 e. The molecule has 1 saturated carbocycles. The van der Waals surface area contributed by atoms with Gasteiger partial charge in [0.25, 0.3) is 11.4 Å². The number of nitro benzene ring substituents is 2. The molecule has 7 nitrogen and oxygen atoms in total. The molecule has 1 aliphatic rings. The summed E-state index contributed by atoms with van der Waals surface area (Å²) in [6.45, 7) is 2.12. The second-order valence-electron chi connectivity index (χ2n) is 5.23. The van der Waals surface area contributed by atoms with Gasteiger partial charge >= 0.3 is 0 Å². The molecule has 0 unspecified atom stereocenters. The lowest BCUT2D eigenvalue weighted by Gasteiger charge is -2.30. The van der Waals surface area contributed by atoms with Gasteiger partial charge in [0.15, 0.2) is 0 Å². The molecule has 1 aromatic rings. The first-order valence-corrected chi connectivity index (χ1v) is 6.68. The van der Waals surface area contributed by atoms with Crippen molar-refractivity contribution in [3.63, 3.8) is 0 Å². The molecule has 0 spiro atoms. The molecule has 0 heterocycles. The van der Waals surface area contributed by atoms with Crippen LogP contribution in [-0.4, -0.2) is 15.9 Å². The summed E-state index contributed by atoms with van der Waals surface area (Å²) in [7, 11) is 0. The quantitative estimate of drug-likeness (QED) is 0.671. The Morgan fingerprint density at radius 1 is 1.15 bits per heavy atom. The maximum atomic E-state index is 11.1. The van der Waals surface area contributed by atoms with Crippen LogP contribution in [0.4, 0.5) is 17.1 Å². The maximum absolute atomic E-state index is 11.1. The van der Waals surface area contributed by atoms with Crippen molar-refractivity contribution in [1.29, 1.82) is 0 Å². The molecule has 1 N–H and O–H groups in total. The van der Waals surface area contributed by atoms with Gasteiger partial charge in [0, 0.05) is 12.1 Å². The van der Waals surface area contributed by atoms with E-state index in [0.29, 0.717) is 11.6 Å². The van der Waals surface area contributed by atoms with Gasteiger partial charge in [-0.05, 0) is 24.8 Å². The van der Waals surface area contributed by atoms with Crippen LogP contribution in [0.25, 0.3) is 0 Å². The summed E-state index contributed by atoms with van der Waals surface area (Å²) in [5, 5.41) is 24.9. The van der Waals surface area contributed by atoms with Crippen molar-refractivity contribution in [3.05, 3.63) is 38.4 Å². The molecule has 0 saturated heterocycles. The number of nitro groups is 2. The molecular weight excluding hydrogens is 262 g/mol. The fourth-order valence-corrected chi connectivity index (χ4v) is 2.64. The monoisotopic (exact) mass is 279 g/mol. The summed E-state index contributed by atoms with van der Waals surface area (Å²) in [4.78, 5) is 20.5. The van der Waals surface area contributed by atoms with Crippen LogP contribution in [0.5, 0.6) is 0 Å². The number of hydrogen-bond acceptors (Lipinski definition) is 5. The van der Waals surface area contributed by atoms with E-state index in [-0.39, 0.29) is 17.4 Å². The second-order valence-corrected chi connectivity index (χ2v) is 5.23. The lowest BCUT2D eigenvalue weighted by Crippen LogP contribution is -2.30. The van der Waals surface area contributed by atoms with Gasteiger partial charge in [0.2, 0.25) is 0 Å². The van der Waals surface area contributed by atoms with E-state index in [4.69, 9.17) is 0 Å². The van der Waals surface area contributed by atoms with E-state index in [0.717, 1.165) is 25.3 Å². The summed E-state index contributed by atoms with van der Waals surface area (Å²) >= 11 is 0. The van der Waals surface area contributed by atoms with Crippen molar-refractivity contribution in [2.24, 2.45) is 5.92 Å². The zero-order valence-corrected chi connectivity index (χ0v) is 11.2. The van der Waals surface area contributed by atoms with Crippen molar-refractivity contribution >= 4 is 17.1 Å². The van der Waals surface area contributed by atoms with Crippen LogP contribution in [0.15, 0.2) is 18.2 Å². The highest BCUT2D eigenvalue weighted by molar-refractivity contribution is 5.65. The van der Waals surface area contributed by atoms with E-state index >= 15 is 0 Å². The normalized spacial score (nSPS) is 22.2. The molecule has 0 aliphatic heterocycles. The number of benzene rings is 1. The topological polar surface area (TPSA) is 98.3 Å². The molecule has 108 valence electrons. The number of rotatable bonds is 4. The lowest BCUT2D eigenvalue weighted by atomic mass is 9.86. The van der Waals surface area contributed by atoms with Crippen molar-refractivity contribution in [1.82, 2.24) is 0 Å². The van der Waals surface area contributed by atoms with Gasteiger partial charge in [-0.25, -0.2) is 0 Å². The molecule has 1 fully saturated rings. The number of nitrogens with one attached hydrogen (secondary N) is 1. The van der Waals surface area contributed by atoms with Gasteiger partial charge in [-0.3, -0.25) is 20.2 Å². The third-order valence-corrected chi connectivity index (χ3v) is 3.84. The van der Waals surface area contributed by atoms with E-state index < -0.39 is 9.85 Å². The van der Waals surface area contributed by atoms with Crippen LogP contribution in [-0.2, 0) is 0 Å². The Hall–Kier alpha value is -2.18. The molecule has 1 aliphatic carbocycles. The van der Waals surface area contributed by atoms with Crippen molar-refractivity contribution in [2.75, 3.05) is 5.32 Å². The van der Waals surface area contributed by atoms with Crippen LogP contribution >= 0.6 is 0 Å². The van der Waals surface area contributed by atoms with E-state index in [2.05, 4.69) is 12.2 Å². The van der Waals surface area contributed by atoms with Crippen LogP contribution < -0.4 is 5.32 Å². The molecular formula is C13H17N3O4. The highest BCUT2D eigenvalue weighted by Crippen LogP contribution is 2.33. The molecule has 0 radical (unpaired) electrons. The average Bonchev–Trinajstić information content (AvgIpc) is 2.41. The molecule has 7 heteroatoms. The van der Waals surface area contributed by atoms with E-state index in [1.165, 1.54) is 18.6 Å². The van der Waals surface area contributed by atoms with Crippen LogP contribution in [0.3, 0.4) is 0 Å². The van der Waals surface area contributed by atoms with Gasteiger partial charge in [-0.2, -0.15) is 0 Å². The van der Waals surface area contributed by atoms with Crippen LogP contribution in [0, 0.1) is 26.1 Å². The molecule has 20 heavy (non-hydrogen) atoms. The zero-order valence-electron chi connectivity index (χ0n) is 11.2. The maximum Gasteiger partial charge on any atom is 0.299 e. The molecule has 2 atom stereocenters. The van der Waals surface area contributed by atoms with Gasteiger partial charge in [0.1, 0.15) is 5.69 Å². The summed E-state index contributed by atoms with van der Waals surface area (Å²) in [6, 6.07) is 3.92. The minimum Gasteiger partial charge on any atom is -0.376 e. The van der Waals surface area contributed by atoms with Gasteiger partial charge in [-0.1, -0.05) is 19.8 Å². The minimum atomic E-state index is -0.625. The first-order chi connectivity index (χ1) is 9.49. The number of anilines is 1. The van der Waals surface area contributed by atoms with E-state index in [1.54, 1.807) is 0 Å². The number of non-ortho nitro benzene ring substituents is 1. The van der Waals surface area contributed by atoms with E-state index in [9.17, 15) is 20.2 Å². The molecule has 2 rings (SSSR count). The first kappa shape index (κ1) is 14.2. The predicted octanol–water partition coefficient (Wildman–Crippen LogP) is 3.49. The van der Waals surface area contributed by atoms with Gasteiger partial charge in [-0.15, -0.1) is 0 Å². The van der Waals surface area contributed by atoms with E-state index in [1.807, 2.05) is 0 Å². The first-order valence-electron chi connectivity index (χ1n) is 6.68. The summed E-state index contributed by atoms with van der Waals surface area (Å²) in [5.41, 5.74) is -0.143. The third-order valence-electron chi connectivity index (χ3n) is 3.84. The largest absolute Gasteiger partial charge is 0.376 e. The van der Waals surface area contributed by atoms with Crippen LogP contribution in [0.1, 0.15) is 32.6 Å². The lowest BCUT2D eigenvalue weighted by molar-refractivity contribution is -0.393. The average molecular weight is 279 g/mol. The Kier molecular flexibility index (Phi) is 4.16. The Morgan fingerprint density at radius 2 is 1.85 bits per heavy atom. The Morgan fingerprint density at radius 3 is 2.45 bits per heavy atom. The molecule has 0 bridgehead atoms. The molecule has 0 aromatic heterocycles. The van der Waals surface area contributed by atoms with Crippen LogP contribution in [0.2, 0.25) is 0 Å². The van der Waals surface area contributed by atoms with Crippen molar-refractivity contribution in [2.45, 2.75) is 38.6 Å². The second kappa shape index (κ2) is 5.85. The highest BCUT2D eigenvalue weighted by atomic mass is 16.6. The molecule has 0 amide bonds. The fourth-order valence-electron chi connectivity index (χ4n) is 2.64. The fraction of sp³-hybridized carbons (Fsp3) is 0.538. The summed E-state index contributed by atoms with van der Waals surface area (Å²) in [5.74, 6) is 0.443. The third kappa shape index (κ3) is 3.04. The summed E-state index contributed by atoms with van der Waals surface area (Å²) in [6.07, 6.45) is 4.35. The Balaban J connectivity index is 2.26. The van der Waals surface area contributed by atoms with Gasteiger partial charge < -0.3 is 5.32 Å². The Labute approximate surface area is 116 Å².